The van der Waals surface area contributed by atoms with Gasteiger partial charge in [-0.3, -0.25) is 4.79 Å². The molecular formula is C15H24N2O. The second-order valence-electron chi connectivity index (χ2n) is 4.69. The molecule has 0 aliphatic rings. The van der Waals surface area contributed by atoms with Crippen molar-refractivity contribution in [2.24, 2.45) is 0 Å². The number of aryl methyl sites for hydroxylation is 1. The summed E-state index contributed by atoms with van der Waals surface area (Å²) in [4.78, 5) is 13.0. The number of benzene rings is 1. The van der Waals surface area contributed by atoms with E-state index in [0.717, 1.165) is 25.9 Å². The van der Waals surface area contributed by atoms with Crippen molar-refractivity contribution in [2.45, 2.75) is 32.7 Å². The van der Waals surface area contributed by atoms with Crippen LogP contribution in [-0.2, 0) is 17.8 Å². The molecule has 0 aliphatic heterocycles. The minimum Gasteiger partial charge on any atom is -0.349 e. The summed E-state index contributed by atoms with van der Waals surface area (Å²) >= 11 is 0. The standard InChI is InChI=1S/C15H24N2O/c1-4-13-8-5-6-9-14(13)12-16-11-7-10-15(18)17(2)3/h5-6,8-9,16H,4,7,10-12H2,1-3H3. The van der Waals surface area contributed by atoms with Crippen molar-refractivity contribution in [1.29, 1.82) is 0 Å². The Hall–Kier alpha value is -1.35. The molecule has 1 N–H and O–H groups in total. The van der Waals surface area contributed by atoms with Crippen LogP contribution in [0.25, 0.3) is 0 Å². The van der Waals surface area contributed by atoms with Crippen molar-refractivity contribution in [2.75, 3.05) is 20.6 Å². The summed E-state index contributed by atoms with van der Waals surface area (Å²) in [5.41, 5.74) is 2.76. The molecule has 1 amide bonds. The Morgan fingerprint density at radius 2 is 1.89 bits per heavy atom. The van der Waals surface area contributed by atoms with E-state index in [9.17, 15) is 4.79 Å². The Bertz CT molecular complexity index is 375. The maximum atomic E-state index is 11.4. The fraction of sp³-hybridized carbons (Fsp3) is 0.533. The smallest absolute Gasteiger partial charge is 0.222 e. The highest BCUT2D eigenvalue weighted by atomic mass is 16.2. The second-order valence-corrected chi connectivity index (χ2v) is 4.69. The van der Waals surface area contributed by atoms with E-state index in [0.29, 0.717) is 6.42 Å². The number of rotatable bonds is 7. The second kappa shape index (κ2) is 7.88. The summed E-state index contributed by atoms with van der Waals surface area (Å²) in [6, 6.07) is 8.49. The first-order valence-electron chi connectivity index (χ1n) is 6.62. The molecule has 0 atom stereocenters. The third-order valence-electron chi connectivity index (χ3n) is 3.06. The summed E-state index contributed by atoms with van der Waals surface area (Å²) in [5, 5.41) is 3.40. The van der Waals surface area contributed by atoms with Crippen LogP contribution in [0.4, 0.5) is 0 Å². The van der Waals surface area contributed by atoms with E-state index >= 15 is 0 Å². The predicted molar refractivity (Wildman–Crippen MR) is 75.5 cm³/mol. The van der Waals surface area contributed by atoms with Crippen molar-refractivity contribution >= 4 is 5.91 Å². The van der Waals surface area contributed by atoms with Crippen molar-refractivity contribution in [3.05, 3.63) is 35.4 Å². The number of nitrogens with one attached hydrogen (secondary N) is 1. The monoisotopic (exact) mass is 248 g/mol. The number of amides is 1. The highest BCUT2D eigenvalue weighted by Gasteiger charge is 2.03. The lowest BCUT2D eigenvalue weighted by Gasteiger charge is -2.11. The molecule has 0 unspecified atom stereocenters. The molecule has 0 spiro atoms. The maximum Gasteiger partial charge on any atom is 0.222 e. The van der Waals surface area contributed by atoms with Gasteiger partial charge in [0.25, 0.3) is 0 Å². The van der Waals surface area contributed by atoms with Gasteiger partial charge in [0, 0.05) is 27.1 Å². The fourth-order valence-electron chi connectivity index (χ4n) is 1.89. The van der Waals surface area contributed by atoms with E-state index in [2.05, 4.69) is 36.5 Å². The van der Waals surface area contributed by atoms with E-state index in [1.807, 2.05) is 0 Å². The van der Waals surface area contributed by atoms with E-state index < -0.39 is 0 Å². The normalized spacial score (nSPS) is 10.4. The van der Waals surface area contributed by atoms with Crippen LogP contribution in [0.1, 0.15) is 30.9 Å². The molecular weight excluding hydrogens is 224 g/mol. The van der Waals surface area contributed by atoms with Crippen LogP contribution in [0, 0.1) is 0 Å². The summed E-state index contributed by atoms with van der Waals surface area (Å²) in [7, 11) is 3.60. The quantitative estimate of drug-likeness (QED) is 0.750. The predicted octanol–water partition coefficient (Wildman–Crippen LogP) is 2.21. The molecule has 3 heteroatoms. The zero-order valence-corrected chi connectivity index (χ0v) is 11.7. The van der Waals surface area contributed by atoms with Gasteiger partial charge in [-0.2, -0.15) is 0 Å². The molecule has 1 rings (SSSR count). The molecule has 100 valence electrons. The van der Waals surface area contributed by atoms with Gasteiger partial charge in [-0.05, 0) is 30.5 Å². The molecule has 0 fully saturated rings. The van der Waals surface area contributed by atoms with Gasteiger partial charge in [0.15, 0.2) is 0 Å². The third-order valence-corrected chi connectivity index (χ3v) is 3.06. The molecule has 0 saturated heterocycles. The Labute approximate surface area is 110 Å². The first-order valence-corrected chi connectivity index (χ1v) is 6.62. The summed E-state index contributed by atoms with van der Waals surface area (Å²) in [6.45, 7) is 3.95. The van der Waals surface area contributed by atoms with Crippen molar-refractivity contribution in [3.8, 4) is 0 Å². The zero-order chi connectivity index (χ0) is 13.4. The Balaban J connectivity index is 2.24. The van der Waals surface area contributed by atoms with Crippen LogP contribution in [-0.4, -0.2) is 31.4 Å². The van der Waals surface area contributed by atoms with E-state index in [1.165, 1.54) is 11.1 Å². The van der Waals surface area contributed by atoms with E-state index in [4.69, 9.17) is 0 Å². The number of hydrogen-bond donors (Lipinski definition) is 1. The molecule has 1 aromatic rings. The SMILES string of the molecule is CCc1ccccc1CNCCCC(=O)N(C)C. The number of hydrogen-bond acceptors (Lipinski definition) is 2. The van der Waals surface area contributed by atoms with Crippen molar-refractivity contribution in [3.63, 3.8) is 0 Å². The lowest BCUT2D eigenvalue weighted by Crippen LogP contribution is -2.23. The lowest BCUT2D eigenvalue weighted by molar-refractivity contribution is -0.128. The van der Waals surface area contributed by atoms with Crippen molar-refractivity contribution in [1.82, 2.24) is 10.2 Å². The van der Waals surface area contributed by atoms with Gasteiger partial charge in [-0.25, -0.2) is 0 Å². The summed E-state index contributed by atoms with van der Waals surface area (Å²) < 4.78 is 0. The number of nitrogens with zero attached hydrogens (tertiary/aromatic N) is 1. The Morgan fingerprint density at radius 1 is 1.22 bits per heavy atom. The van der Waals surface area contributed by atoms with Crippen LogP contribution >= 0.6 is 0 Å². The van der Waals surface area contributed by atoms with E-state index in [1.54, 1.807) is 19.0 Å². The Morgan fingerprint density at radius 3 is 2.50 bits per heavy atom. The molecule has 0 bridgehead atoms. The van der Waals surface area contributed by atoms with Gasteiger partial charge >= 0.3 is 0 Å². The van der Waals surface area contributed by atoms with Crippen LogP contribution in [0.3, 0.4) is 0 Å². The van der Waals surface area contributed by atoms with Gasteiger partial charge in [0.05, 0.1) is 0 Å². The Kier molecular flexibility index (Phi) is 6.44. The highest BCUT2D eigenvalue weighted by molar-refractivity contribution is 5.75. The van der Waals surface area contributed by atoms with Crippen molar-refractivity contribution < 1.29 is 4.79 Å². The average Bonchev–Trinajstić information content (AvgIpc) is 2.38. The molecule has 0 saturated carbocycles. The van der Waals surface area contributed by atoms with Crippen LogP contribution in [0.2, 0.25) is 0 Å². The largest absolute Gasteiger partial charge is 0.349 e. The van der Waals surface area contributed by atoms with Crippen LogP contribution < -0.4 is 5.32 Å². The third kappa shape index (κ3) is 4.88. The van der Waals surface area contributed by atoms with Gasteiger partial charge in [0.2, 0.25) is 5.91 Å². The average molecular weight is 248 g/mol. The summed E-state index contributed by atoms with van der Waals surface area (Å²) in [5.74, 6) is 0.200. The van der Waals surface area contributed by atoms with Crippen LogP contribution in [0.5, 0.6) is 0 Å². The lowest BCUT2D eigenvalue weighted by atomic mass is 10.1. The molecule has 18 heavy (non-hydrogen) atoms. The topological polar surface area (TPSA) is 32.3 Å². The number of carbonyl (C=O) groups excluding carboxylic acids is 1. The molecule has 1 aromatic carbocycles. The van der Waals surface area contributed by atoms with Crippen LogP contribution in [0.15, 0.2) is 24.3 Å². The van der Waals surface area contributed by atoms with Gasteiger partial charge < -0.3 is 10.2 Å². The first-order chi connectivity index (χ1) is 8.65. The molecule has 0 aliphatic carbocycles. The maximum absolute atomic E-state index is 11.4. The van der Waals surface area contributed by atoms with Gasteiger partial charge in [-0.15, -0.1) is 0 Å². The molecule has 0 heterocycles. The minimum atomic E-state index is 0.200. The van der Waals surface area contributed by atoms with Gasteiger partial charge in [0.1, 0.15) is 0 Å². The van der Waals surface area contributed by atoms with E-state index in [-0.39, 0.29) is 5.91 Å². The first kappa shape index (κ1) is 14.7. The number of carbonyl (C=O) groups is 1. The zero-order valence-electron chi connectivity index (χ0n) is 11.7. The van der Waals surface area contributed by atoms with Gasteiger partial charge in [-0.1, -0.05) is 31.2 Å². The molecule has 3 nitrogen and oxygen atoms in total. The molecule has 0 aromatic heterocycles. The minimum absolute atomic E-state index is 0.200. The summed E-state index contributed by atoms with van der Waals surface area (Å²) in [6.07, 6.45) is 2.58. The fourth-order valence-corrected chi connectivity index (χ4v) is 1.89. The highest BCUT2D eigenvalue weighted by Crippen LogP contribution is 2.08. The molecule has 0 radical (unpaired) electrons.